The first-order valence-electron chi connectivity index (χ1n) is 6.87. The molecule has 0 aliphatic carbocycles. The van der Waals surface area contributed by atoms with Crippen molar-refractivity contribution in [3.05, 3.63) is 47.2 Å². The quantitative estimate of drug-likeness (QED) is 0.928. The molecule has 1 atom stereocenters. The van der Waals surface area contributed by atoms with Crippen molar-refractivity contribution >= 4 is 17.7 Å². The van der Waals surface area contributed by atoms with E-state index < -0.39 is 18.0 Å². The monoisotopic (exact) mass is 286 g/mol. The van der Waals surface area contributed by atoms with Crippen LogP contribution >= 0.6 is 0 Å². The predicted octanol–water partition coefficient (Wildman–Crippen LogP) is 2.55. The third-order valence-corrected chi connectivity index (χ3v) is 3.52. The summed E-state index contributed by atoms with van der Waals surface area (Å²) in [6.45, 7) is 4.64. The van der Waals surface area contributed by atoms with Crippen LogP contribution in [0.4, 0.5) is 4.79 Å². The van der Waals surface area contributed by atoms with Gasteiger partial charge in [-0.3, -0.25) is 14.5 Å². The molecule has 1 heterocycles. The van der Waals surface area contributed by atoms with Crippen LogP contribution < -0.4 is 5.32 Å². The van der Waals surface area contributed by atoms with Crippen LogP contribution in [-0.2, 0) is 9.59 Å². The molecule has 3 amide bonds. The minimum Gasteiger partial charge on any atom is -0.311 e. The van der Waals surface area contributed by atoms with Crippen LogP contribution in [0.5, 0.6) is 0 Å². The number of rotatable bonds is 3. The number of Topliss-reactive ketones (excluding diaryl/α,β-unsaturated/α-hetero) is 1. The van der Waals surface area contributed by atoms with E-state index in [0.29, 0.717) is 17.7 Å². The fraction of sp³-hybridized carbons (Fsp3) is 0.312. The van der Waals surface area contributed by atoms with Gasteiger partial charge in [0, 0.05) is 18.2 Å². The summed E-state index contributed by atoms with van der Waals surface area (Å²) in [6.07, 6.45) is 0.524. The van der Waals surface area contributed by atoms with E-state index in [0.717, 1.165) is 10.5 Å². The summed E-state index contributed by atoms with van der Waals surface area (Å²) < 4.78 is 0. The first-order chi connectivity index (χ1) is 9.97. The van der Waals surface area contributed by atoms with Crippen LogP contribution in [0.15, 0.2) is 41.6 Å². The van der Waals surface area contributed by atoms with Gasteiger partial charge in [0.05, 0.1) is 6.04 Å². The third kappa shape index (κ3) is 2.72. The molecular formula is C16H18N2O3. The summed E-state index contributed by atoms with van der Waals surface area (Å²) in [5.74, 6) is -0.540. The molecule has 0 spiro atoms. The molecular weight excluding hydrogens is 268 g/mol. The molecule has 5 nitrogen and oxygen atoms in total. The van der Waals surface area contributed by atoms with E-state index in [-0.39, 0.29) is 5.78 Å². The van der Waals surface area contributed by atoms with Crippen molar-refractivity contribution in [2.24, 2.45) is 0 Å². The minimum atomic E-state index is -0.662. The summed E-state index contributed by atoms with van der Waals surface area (Å²) in [5, 5.41) is 2.65. The number of nitrogens with zero attached hydrogens (tertiary/aromatic N) is 1. The molecule has 1 aliphatic heterocycles. The molecule has 0 saturated heterocycles. The average Bonchev–Trinajstić information content (AvgIpc) is 2.46. The Bertz CT molecular complexity index is 620. The number of allylic oxidation sites excluding steroid dienone is 1. The Kier molecular flexibility index (Phi) is 4.21. The van der Waals surface area contributed by atoms with Gasteiger partial charge in [-0.2, -0.15) is 0 Å². The van der Waals surface area contributed by atoms with Crippen LogP contribution in [0.3, 0.4) is 0 Å². The van der Waals surface area contributed by atoms with E-state index in [1.165, 1.54) is 13.8 Å². The van der Waals surface area contributed by atoms with Crippen LogP contribution in [0.2, 0.25) is 0 Å². The Labute approximate surface area is 123 Å². The third-order valence-electron chi connectivity index (χ3n) is 3.52. The molecule has 0 radical (unpaired) electrons. The van der Waals surface area contributed by atoms with Crippen molar-refractivity contribution in [3.8, 4) is 0 Å². The Morgan fingerprint density at radius 1 is 1.19 bits per heavy atom. The van der Waals surface area contributed by atoms with Gasteiger partial charge >= 0.3 is 6.03 Å². The molecule has 1 aliphatic rings. The fourth-order valence-corrected chi connectivity index (χ4v) is 2.63. The number of ketones is 1. The maximum Gasteiger partial charge on any atom is 0.329 e. The molecule has 5 heteroatoms. The maximum atomic E-state index is 12.2. The number of hydrogen-bond acceptors (Lipinski definition) is 3. The zero-order chi connectivity index (χ0) is 15.6. The smallest absolute Gasteiger partial charge is 0.311 e. The Hall–Kier alpha value is -2.43. The summed E-state index contributed by atoms with van der Waals surface area (Å²) in [6, 6.07) is 7.98. The zero-order valence-electron chi connectivity index (χ0n) is 12.3. The molecule has 2 rings (SSSR count). The standard InChI is InChI=1S/C16H18N2O3/c1-4-13-14(10(2)19)15(12-8-6-5-7-9-12)18(11(3)20)16(21)17-13/h5-9,15H,4H2,1-3H3,(H,17,21). The highest BCUT2D eigenvalue weighted by Crippen LogP contribution is 2.34. The van der Waals surface area contributed by atoms with Crippen molar-refractivity contribution in [1.82, 2.24) is 10.2 Å². The summed E-state index contributed by atoms with van der Waals surface area (Å²) >= 11 is 0. The Morgan fingerprint density at radius 2 is 1.81 bits per heavy atom. The van der Waals surface area contributed by atoms with E-state index in [4.69, 9.17) is 0 Å². The first-order valence-corrected chi connectivity index (χ1v) is 6.87. The fourth-order valence-electron chi connectivity index (χ4n) is 2.63. The summed E-state index contributed by atoms with van der Waals surface area (Å²) in [7, 11) is 0. The highest BCUT2D eigenvalue weighted by atomic mass is 16.2. The van der Waals surface area contributed by atoms with Crippen LogP contribution in [0.1, 0.15) is 38.8 Å². The second kappa shape index (κ2) is 5.91. The topological polar surface area (TPSA) is 66.5 Å². The van der Waals surface area contributed by atoms with Crippen LogP contribution in [-0.4, -0.2) is 22.6 Å². The number of amides is 3. The van der Waals surface area contributed by atoms with Gasteiger partial charge in [0.15, 0.2) is 5.78 Å². The lowest BCUT2D eigenvalue weighted by Gasteiger charge is -2.36. The number of benzene rings is 1. The maximum absolute atomic E-state index is 12.2. The van der Waals surface area contributed by atoms with Crippen molar-refractivity contribution < 1.29 is 14.4 Å². The second-order valence-electron chi connectivity index (χ2n) is 4.93. The van der Waals surface area contributed by atoms with Gasteiger partial charge in [0.2, 0.25) is 5.91 Å². The predicted molar refractivity (Wildman–Crippen MR) is 78.2 cm³/mol. The van der Waals surface area contributed by atoms with Gasteiger partial charge in [-0.25, -0.2) is 4.79 Å². The van der Waals surface area contributed by atoms with Crippen LogP contribution in [0, 0.1) is 0 Å². The van der Waals surface area contributed by atoms with Gasteiger partial charge in [-0.15, -0.1) is 0 Å². The molecule has 0 aromatic heterocycles. The molecule has 1 aromatic rings. The molecule has 0 bridgehead atoms. The highest BCUT2D eigenvalue weighted by molar-refractivity contribution is 6.03. The van der Waals surface area contributed by atoms with E-state index >= 15 is 0 Å². The van der Waals surface area contributed by atoms with Gasteiger partial charge in [-0.05, 0) is 18.9 Å². The first kappa shape index (κ1) is 15.0. The molecule has 110 valence electrons. The largest absolute Gasteiger partial charge is 0.329 e. The van der Waals surface area contributed by atoms with E-state index in [9.17, 15) is 14.4 Å². The van der Waals surface area contributed by atoms with Gasteiger partial charge in [0.25, 0.3) is 0 Å². The molecule has 0 fully saturated rings. The SMILES string of the molecule is CCC1=C(C(C)=O)C(c2ccccc2)N(C(C)=O)C(=O)N1. The molecule has 1 N–H and O–H groups in total. The van der Waals surface area contributed by atoms with Crippen molar-refractivity contribution in [1.29, 1.82) is 0 Å². The van der Waals surface area contributed by atoms with Crippen molar-refractivity contribution in [3.63, 3.8) is 0 Å². The van der Waals surface area contributed by atoms with Crippen molar-refractivity contribution in [2.45, 2.75) is 33.2 Å². The summed E-state index contributed by atoms with van der Waals surface area (Å²) in [4.78, 5) is 37.3. The number of urea groups is 1. The second-order valence-corrected chi connectivity index (χ2v) is 4.93. The van der Waals surface area contributed by atoms with E-state index in [1.807, 2.05) is 37.3 Å². The Balaban J connectivity index is 2.67. The normalized spacial score (nSPS) is 18.5. The van der Waals surface area contributed by atoms with Crippen LogP contribution in [0.25, 0.3) is 0 Å². The van der Waals surface area contributed by atoms with Crippen molar-refractivity contribution in [2.75, 3.05) is 0 Å². The number of imide groups is 1. The zero-order valence-corrected chi connectivity index (χ0v) is 12.3. The number of nitrogens with one attached hydrogen (secondary N) is 1. The number of hydrogen-bond donors (Lipinski definition) is 1. The highest BCUT2D eigenvalue weighted by Gasteiger charge is 2.39. The Morgan fingerprint density at radius 3 is 2.29 bits per heavy atom. The minimum absolute atomic E-state index is 0.146. The van der Waals surface area contributed by atoms with Gasteiger partial charge in [-0.1, -0.05) is 37.3 Å². The molecule has 0 saturated carbocycles. The average molecular weight is 286 g/mol. The summed E-state index contributed by atoms with van der Waals surface area (Å²) in [5.41, 5.74) is 1.80. The van der Waals surface area contributed by atoms with E-state index in [1.54, 1.807) is 0 Å². The lowest BCUT2D eigenvalue weighted by Crippen LogP contribution is -2.50. The lowest BCUT2D eigenvalue weighted by molar-refractivity contribution is -0.127. The number of carbonyl (C=O) groups is 3. The molecule has 1 unspecified atom stereocenters. The number of carbonyl (C=O) groups excluding carboxylic acids is 3. The van der Waals surface area contributed by atoms with E-state index in [2.05, 4.69) is 5.32 Å². The molecule has 1 aromatic carbocycles. The van der Waals surface area contributed by atoms with Gasteiger partial charge in [0.1, 0.15) is 0 Å². The van der Waals surface area contributed by atoms with Gasteiger partial charge < -0.3 is 5.32 Å². The lowest BCUT2D eigenvalue weighted by atomic mass is 9.90. The molecule has 21 heavy (non-hydrogen) atoms.